The first-order chi connectivity index (χ1) is 30.4. The van der Waals surface area contributed by atoms with Crippen LogP contribution in [0.2, 0.25) is 5.02 Å². The van der Waals surface area contributed by atoms with E-state index in [4.69, 9.17) is 50.2 Å². The molecule has 17 heteroatoms. The summed E-state index contributed by atoms with van der Waals surface area (Å²) in [5, 5.41) is 2.82. The SMILES string of the molecule is CCOc1cc2oc(-c3ccc(OCCOCCOCCOCCOc4cccc5c4C(=O)N(C4CCC(=O)NC4=O)C5=O)cc3Cl)cc(=O)c2cc1-c1cc(C)cc(C(N)=O)c1. The number of ether oxygens (including phenoxy) is 6. The number of rotatable bonds is 20. The molecule has 328 valence electrons. The molecule has 5 amide bonds. The highest BCUT2D eigenvalue weighted by Crippen LogP contribution is 2.38. The summed E-state index contributed by atoms with van der Waals surface area (Å²) in [5.74, 6) is -1.50. The largest absolute Gasteiger partial charge is 0.493 e. The minimum Gasteiger partial charge on any atom is -0.493 e. The molecule has 1 atom stereocenters. The lowest BCUT2D eigenvalue weighted by Gasteiger charge is -2.27. The average molecular weight is 882 g/mol. The van der Waals surface area contributed by atoms with Crippen molar-refractivity contribution in [2.75, 3.05) is 59.5 Å². The molecule has 4 aromatic carbocycles. The first kappa shape index (κ1) is 44.5. The normalized spacial score (nSPS) is 14.8. The van der Waals surface area contributed by atoms with Gasteiger partial charge >= 0.3 is 0 Å². The Hall–Kier alpha value is -6.59. The van der Waals surface area contributed by atoms with E-state index in [0.29, 0.717) is 76.2 Å². The number of carbonyl (C=O) groups is 5. The summed E-state index contributed by atoms with van der Waals surface area (Å²) < 4.78 is 40.4. The summed E-state index contributed by atoms with van der Waals surface area (Å²) in [7, 11) is 0. The topological polar surface area (TPSA) is 212 Å². The highest BCUT2D eigenvalue weighted by atomic mass is 35.5. The Kier molecular flexibility index (Phi) is 14.2. The number of piperidine rings is 1. The van der Waals surface area contributed by atoms with E-state index in [9.17, 15) is 28.8 Å². The van der Waals surface area contributed by atoms with Crippen LogP contribution in [0.5, 0.6) is 17.2 Å². The zero-order chi connectivity index (χ0) is 44.6. The van der Waals surface area contributed by atoms with Crippen molar-refractivity contribution >= 4 is 52.1 Å². The van der Waals surface area contributed by atoms with Gasteiger partial charge in [0.05, 0.1) is 67.8 Å². The standard InChI is InChI=1S/C46H44ClN3O13/c1-3-60-38-25-40-33(23-32(38)27-19-26(2)20-28(21-27)43(48)53)36(51)24-39(63-40)30-8-7-29(22-34(30)47)61-17-15-58-13-11-57-12-14-59-16-18-62-37-6-4-5-31-42(37)46(56)50(45(31)55)35-9-10-41(52)49-44(35)54/h4-8,19-25,35H,3,9-18H2,1-2H3,(H2,48,53)(H,49,52,54). The summed E-state index contributed by atoms with van der Waals surface area (Å²) in [6, 6.07) is 18.6. The van der Waals surface area contributed by atoms with Gasteiger partial charge in [-0.1, -0.05) is 23.7 Å². The molecule has 3 heterocycles. The minimum absolute atomic E-state index is 0.0322. The van der Waals surface area contributed by atoms with Crippen LogP contribution in [0, 0.1) is 6.92 Å². The van der Waals surface area contributed by atoms with Gasteiger partial charge in [-0.3, -0.25) is 39.0 Å². The van der Waals surface area contributed by atoms with Crippen molar-refractivity contribution in [3.8, 4) is 39.7 Å². The van der Waals surface area contributed by atoms with Crippen LogP contribution < -0.4 is 30.7 Å². The third-order valence-corrected chi connectivity index (χ3v) is 10.5. The molecule has 1 fully saturated rings. The molecule has 3 N–H and O–H groups in total. The van der Waals surface area contributed by atoms with E-state index >= 15 is 0 Å². The lowest BCUT2D eigenvalue weighted by atomic mass is 9.97. The first-order valence-corrected chi connectivity index (χ1v) is 20.6. The minimum atomic E-state index is -1.06. The molecule has 16 nitrogen and oxygen atoms in total. The number of imide groups is 2. The van der Waals surface area contributed by atoms with Gasteiger partial charge in [0, 0.05) is 35.2 Å². The Labute approximate surface area is 366 Å². The van der Waals surface area contributed by atoms with Gasteiger partial charge in [0.25, 0.3) is 11.8 Å². The highest BCUT2D eigenvalue weighted by Gasteiger charge is 2.46. The molecule has 1 aromatic heterocycles. The second-order valence-electron chi connectivity index (χ2n) is 14.5. The van der Waals surface area contributed by atoms with Crippen LogP contribution in [0.1, 0.15) is 56.4 Å². The molecule has 63 heavy (non-hydrogen) atoms. The third-order valence-electron chi connectivity index (χ3n) is 10.2. The number of fused-ring (bicyclic) bond motifs is 2. The van der Waals surface area contributed by atoms with Crippen LogP contribution in [0.3, 0.4) is 0 Å². The molecule has 5 aromatic rings. The van der Waals surface area contributed by atoms with Crippen molar-refractivity contribution in [1.29, 1.82) is 0 Å². The van der Waals surface area contributed by atoms with Crippen molar-refractivity contribution < 1.29 is 56.8 Å². The van der Waals surface area contributed by atoms with Crippen LogP contribution in [-0.2, 0) is 23.8 Å². The van der Waals surface area contributed by atoms with Crippen LogP contribution in [0.15, 0.2) is 82.0 Å². The molecule has 0 saturated carbocycles. The molecule has 0 bridgehead atoms. The Morgan fingerprint density at radius 1 is 0.778 bits per heavy atom. The van der Waals surface area contributed by atoms with Crippen LogP contribution in [0.25, 0.3) is 33.4 Å². The fourth-order valence-corrected chi connectivity index (χ4v) is 7.52. The summed E-state index contributed by atoms with van der Waals surface area (Å²) >= 11 is 6.64. The van der Waals surface area contributed by atoms with E-state index in [1.54, 1.807) is 54.6 Å². The fourth-order valence-electron chi connectivity index (χ4n) is 7.26. The second kappa shape index (κ2) is 20.1. The van der Waals surface area contributed by atoms with E-state index < -0.39 is 35.6 Å². The fraction of sp³-hybridized carbons (Fsp3) is 0.304. The first-order valence-electron chi connectivity index (χ1n) is 20.2. The van der Waals surface area contributed by atoms with E-state index in [2.05, 4.69) is 5.32 Å². The van der Waals surface area contributed by atoms with Gasteiger partial charge in [0.1, 0.15) is 47.8 Å². The number of nitrogens with zero attached hydrogens (tertiary/aromatic N) is 1. The van der Waals surface area contributed by atoms with E-state index in [-0.39, 0.29) is 73.9 Å². The lowest BCUT2D eigenvalue weighted by Crippen LogP contribution is -2.54. The van der Waals surface area contributed by atoms with Crippen molar-refractivity contribution in [3.63, 3.8) is 0 Å². The maximum Gasteiger partial charge on any atom is 0.266 e. The molecule has 0 spiro atoms. The molecule has 2 aliphatic rings. The quantitative estimate of drug-likeness (QED) is 0.0732. The second-order valence-corrected chi connectivity index (χ2v) is 14.9. The molecule has 7 rings (SSSR count). The maximum atomic E-state index is 13.4. The van der Waals surface area contributed by atoms with Gasteiger partial charge in [-0.15, -0.1) is 0 Å². The van der Waals surface area contributed by atoms with Crippen LogP contribution in [-0.4, -0.2) is 99.9 Å². The van der Waals surface area contributed by atoms with Crippen molar-refractivity contribution in [2.45, 2.75) is 32.7 Å². The zero-order valence-corrected chi connectivity index (χ0v) is 35.2. The van der Waals surface area contributed by atoms with Crippen LogP contribution in [0.4, 0.5) is 0 Å². The molecular weight excluding hydrogens is 838 g/mol. The monoisotopic (exact) mass is 881 g/mol. The molecule has 1 saturated heterocycles. The third kappa shape index (κ3) is 10.2. The summed E-state index contributed by atoms with van der Waals surface area (Å²) in [4.78, 5) is 76.3. The smallest absolute Gasteiger partial charge is 0.266 e. The van der Waals surface area contributed by atoms with E-state index in [0.717, 1.165) is 10.5 Å². The van der Waals surface area contributed by atoms with Gasteiger partial charge in [-0.25, -0.2) is 0 Å². The summed E-state index contributed by atoms with van der Waals surface area (Å²) in [6.07, 6.45) is 0.0961. The number of nitrogens with two attached hydrogens (primary N) is 1. The molecule has 1 unspecified atom stereocenters. The van der Waals surface area contributed by atoms with Gasteiger partial charge in [-0.2, -0.15) is 0 Å². The number of hydrogen-bond acceptors (Lipinski definition) is 13. The Morgan fingerprint density at radius 3 is 2.17 bits per heavy atom. The van der Waals surface area contributed by atoms with Gasteiger partial charge in [0.15, 0.2) is 5.43 Å². The molecular formula is C46H44ClN3O13. The van der Waals surface area contributed by atoms with Crippen molar-refractivity contribution in [2.24, 2.45) is 5.73 Å². The number of nitrogens with one attached hydrogen (secondary N) is 1. The Bertz CT molecular complexity index is 2650. The van der Waals surface area contributed by atoms with Crippen LogP contribution >= 0.6 is 11.6 Å². The summed E-state index contributed by atoms with van der Waals surface area (Å²) in [5.41, 5.74) is 8.74. The molecule has 0 radical (unpaired) electrons. The Morgan fingerprint density at radius 2 is 1.49 bits per heavy atom. The van der Waals surface area contributed by atoms with Crippen molar-refractivity contribution in [1.82, 2.24) is 10.2 Å². The van der Waals surface area contributed by atoms with Gasteiger partial charge < -0.3 is 38.6 Å². The highest BCUT2D eigenvalue weighted by molar-refractivity contribution is 6.33. The number of carbonyl (C=O) groups excluding carboxylic acids is 5. The Balaban J connectivity index is 0.813. The molecule has 0 aliphatic carbocycles. The van der Waals surface area contributed by atoms with E-state index in [1.165, 1.54) is 12.1 Å². The number of hydrogen-bond donors (Lipinski definition) is 2. The van der Waals surface area contributed by atoms with Gasteiger partial charge in [-0.05, 0) is 79.9 Å². The van der Waals surface area contributed by atoms with Crippen molar-refractivity contribution in [3.05, 3.63) is 110 Å². The van der Waals surface area contributed by atoms with Gasteiger partial charge in [0.2, 0.25) is 17.7 Å². The number of halogens is 1. The average Bonchev–Trinajstić information content (AvgIpc) is 3.51. The summed E-state index contributed by atoms with van der Waals surface area (Å²) in [6.45, 7) is 6.10. The predicted octanol–water partition coefficient (Wildman–Crippen LogP) is 5.50. The number of benzene rings is 4. The number of primary amides is 1. The number of aryl methyl sites for hydroxylation is 1. The maximum absolute atomic E-state index is 13.4. The van der Waals surface area contributed by atoms with E-state index in [1.807, 2.05) is 19.9 Å². The predicted molar refractivity (Wildman–Crippen MR) is 229 cm³/mol. The zero-order valence-electron chi connectivity index (χ0n) is 34.5. The number of amides is 5. The molecule has 2 aliphatic heterocycles. The lowest BCUT2D eigenvalue weighted by molar-refractivity contribution is -0.136.